The van der Waals surface area contributed by atoms with Gasteiger partial charge in [0.1, 0.15) is 11.6 Å². The molecule has 5 nitrogen and oxygen atoms in total. The molecule has 2 rings (SSSR count). The van der Waals surface area contributed by atoms with Gasteiger partial charge in [-0.2, -0.15) is 0 Å². The van der Waals surface area contributed by atoms with Gasteiger partial charge in [-0.3, -0.25) is 4.79 Å². The van der Waals surface area contributed by atoms with E-state index >= 15 is 0 Å². The SMILES string of the molecule is CCCC(=O)Nc1ccc(Nc2ccccc2OC)nc1. The van der Waals surface area contributed by atoms with Crippen molar-refractivity contribution in [3.8, 4) is 5.75 Å². The van der Waals surface area contributed by atoms with Crippen molar-refractivity contribution in [1.29, 1.82) is 0 Å². The van der Waals surface area contributed by atoms with Crippen molar-refractivity contribution in [2.75, 3.05) is 17.7 Å². The summed E-state index contributed by atoms with van der Waals surface area (Å²) in [6.07, 6.45) is 2.97. The number of pyridine rings is 1. The first-order valence-corrected chi connectivity index (χ1v) is 6.89. The molecule has 1 heterocycles. The van der Waals surface area contributed by atoms with E-state index in [9.17, 15) is 4.79 Å². The van der Waals surface area contributed by atoms with Crippen molar-refractivity contribution < 1.29 is 9.53 Å². The fourth-order valence-electron chi connectivity index (χ4n) is 1.88. The molecule has 0 aliphatic rings. The monoisotopic (exact) mass is 285 g/mol. The summed E-state index contributed by atoms with van der Waals surface area (Å²) >= 11 is 0. The first kappa shape index (κ1) is 14.8. The number of benzene rings is 1. The van der Waals surface area contributed by atoms with E-state index in [1.54, 1.807) is 13.3 Å². The van der Waals surface area contributed by atoms with Crippen LogP contribution in [0.1, 0.15) is 19.8 Å². The van der Waals surface area contributed by atoms with Crippen LogP contribution in [0.5, 0.6) is 5.75 Å². The van der Waals surface area contributed by atoms with Gasteiger partial charge in [-0.1, -0.05) is 19.1 Å². The van der Waals surface area contributed by atoms with Crippen LogP contribution in [0.3, 0.4) is 0 Å². The molecule has 0 radical (unpaired) electrons. The molecule has 110 valence electrons. The second-order valence-electron chi connectivity index (χ2n) is 4.56. The number of anilines is 3. The van der Waals surface area contributed by atoms with E-state index in [-0.39, 0.29) is 5.91 Å². The summed E-state index contributed by atoms with van der Waals surface area (Å²) in [4.78, 5) is 15.8. The Morgan fingerprint density at radius 3 is 2.71 bits per heavy atom. The van der Waals surface area contributed by atoms with Gasteiger partial charge in [0.2, 0.25) is 5.91 Å². The molecule has 21 heavy (non-hydrogen) atoms. The molecule has 1 amide bonds. The fourth-order valence-corrected chi connectivity index (χ4v) is 1.88. The largest absolute Gasteiger partial charge is 0.495 e. The van der Waals surface area contributed by atoms with Crippen molar-refractivity contribution in [1.82, 2.24) is 4.98 Å². The van der Waals surface area contributed by atoms with Crippen LogP contribution in [0, 0.1) is 0 Å². The Labute approximate surface area is 124 Å². The second-order valence-corrected chi connectivity index (χ2v) is 4.56. The lowest BCUT2D eigenvalue weighted by molar-refractivity contribution is -0.116. The van der Waals surface area contributed by atoms with Gasteiger partial charge in [0.15, 0.2) is 0 Å². The molecule has 0 unspecified atom stereocenters. The molecular formula is C16H19N3O2. The maximum atomic E-state index is 11.5. The molecule has 0 aliphatic carbocycles. The third-order valence-electron chi connectivity index (χ3n) is 2.89. The maximum absolute atomic E-state index is 11.5. The quantitative estimate of drug-likeness (QED) is 0.851. The molecule has 0 fully saturated rings. The minimum atomic E-state index is 0.00439. The number of methoxy groups -OCH3 is 1. The Bertz CT molecular complexity index is 597. The summed E-state index contributed by atoms with van der Waals surface area (Å²) in [6.45, 7) is 1.97. The molecular weight excluding hydrogens is 266 g/mol. The molecule has 0 spiro atoms. The van der Waals surface area contributed by atoms with Crippen LogP contribution in [0.25, 0.3) is 0 Å². The van der Waals surface area contributed by atoms with Crippen LogP contribution in [0.2, 0.25) is 0 Å². The number of nitrogens with one attached hydrogen (secondary N) is 2. The van der Waals surface area contributed by atoms with Gasteiger partial charge in [-0.05, 0) is 30.7 Å². The summed E-state index contributed by atoms with van der Waals surface area (Å²) in [7, 11) is 1.63. The van der Waals surface area contributed by atoms with Gasteiger partial charge in [0.25, 0.3) is 0 Å². The predicted octanol–water partition coefficient (Wildman–Crippen LogP) is 3.57. The lowest BCUT2D eigenvalue weighted by atomic mass is 10.3. The van der Waals surface area contributed by atoms with Gasteiger partial charge in [0.05, 0.1) is 24.7 Å². The van der Waals surface area contributed by atoms with Crippen molar-refractivity contribution in [3.63, 3.8) is 0 Å². The number of hydrogen-bond acceptors (Lipinski definition) is 4. The second kappa shape index (κ2) is 7.28. The Hall–Kier alpha value is -2.56. The molecule has 2 N–H and O–H groups in total. The predicted molar refractivity (Wildman–Crippen MR) is 84.1 cm³/mol. The number of rotatable bonds is 6. The highest BCUT2D eigenvalue weighted by atomic mass is 16.5. The van der Waals surface area contributed by atoms with E-state index in [0.29, 0.717) is 17.9 Å². The minimum absolute atomic E-state index is 0.00439. The van der Waals surface area contributed by atoms with Crippen LogP contribution in [0.4, 0.5) is 17.2 Å². The summed E-state index contributed by atoms with van der Waals surface area (Å²) in [6, 6.07) is 11.2. The van der Waals surface area contributed by atoms with Crippen molar-refractivity contribution in [2.24, 2.45) is 0 Å². The van der Waals surface area contributed by atoms with Crippen LogP contribution < -0.4 is 15.4 Å². The van der Waals surface area contributed by atoms with Crippen molar-refractivity contribution >= 4 is 23.1 Å². The molecule has 0 bridgehead atoms. The molecule has 0 aliphatic heterocycles. The van der Waals surface area contributed by atoms with Gasteiger partial charge < -0.3 is 15.4 Å². The minimum Gasteiger partial charge on any atom is -0.495 e. The third-order valence-corrected chi connectivity index (χ3v) is 2.89. The van der Waals surface area contributed by atoms with E-state index < -0.39 is 0 Å². The van der Waals surface area contributed by atoms with Crippen molar-refractivity contribution in [3.05, 3.63) is 42.6 Å². The Morgan fingerprint density at radius 1 is 1.24 bits per heavy atom. The number of carbonyl (C=O) groups excluding carboxylic acids is 1. The zero-order valence-electron chi connectivity index (χ0n) is 12.2. The number of amides is 1. The standard InChI is InChI=1S/C16H19N3O2/c1-3-6-16(20)18-12-9-10-15(17-11-12)19-13-7-4-5-8-14(13)21-2/h4-5,7-11H,3,6H2,1-2H3,(H,17,19)(H,18,20). The highest BCUT2D eigenvalue weighted by molar-refractivity contribution is 5.90. The van der Waals surface area contributed by atoms with Gasteiger partial charge in [-0.15, -0.1) is 0 Å². The van der Waals surface area contributed by atoms with Crippen LogP contribution in [-0.2, 0) is 4.79 Å². The Balaban J connectivity index is 2.04. The molecule has 1 aromatic carbocycles. The molecule has 0 saturated heterocycles. The van der Waals surface area contributed by atoms with Crippen molar-refractivity contribution in [2.45, 2.75) is 19.8 Å². The molecule has 2 aromatic rings. The zero-order chi connectivity index (χ0) is 15.1. The first-order valence-electron chi connectivity index (χ1n) is 6.89. The number of carbonyl (C=O) groups is 1. The topological polar surface area (TPSA) is 63.2 Å². The third kappa shape index (κ3) is 4.21. The molecule has 0 saturated carbocycles. The highest BCUT2D eigenvalue weighted by Crippen LogP contribution is 2.26. The van der Waals surface area contributed by atoms with E-state index in [0.717, 1.165) is 17.9 Å². The smallest absolute Gasteiger partial charge is 0.224 e. The number of para-hydroxylation sites is 2. The van der Waals surface area contributed by atoms with Gasteiger partial charge >= 0.3 is 0 Å². The van der Waals surface area contributed by atoms with E-state index in [1.807, 2.05) is 43.3 Å². The van der Waals surface area contributed by atoms with Crippen LogP contribution >= 0.6 is 0 Å². The number of aromatic nitrogens is 1. The number of nitrogens with zero attached hydrogens (tertiary/aromatic N) is 1. The highest BCUT2D eigenvalue weighted by Gasteiger charge is 2.04. The van der Waals surface area contributed by atoms with E-state index in [2.05, 4.69) is 15.6 Å². The van der Waals surface area contributed by atoms with Gasteiger partial charge in [-0.25, -0.2) is 4.98 Å². The van der Waals surface area contributed by atoms with Crippen LogP contribution in [0.15, 0.2) is 42.6 Å². The number of hydrogen-bond donors (Lipinski definition) is 2. The zero-order valence-corrected chi connectivity index (χ0v) is 12.2. The average Bonchev–Trinajstić information content (AvgIpc) is 2.50. The first-order chi connectivity index (χ1) is 10.2. The molecule has 0 atom stereocenters. The Morgan fingerprint density at radius 2 is 2.05 bits per heavy atom. The summed E-state index contributed by atoms with van der Waals surface area (Å²) in [5, 5.41) is 5.98. The van der Waals surface area contributed by atoms with Gasteiger partial charge in [0, 0.05) is 6.42 Å². The number of ether oxygens (including phenoxy) is 1. The fraction of sp³-hybridized carbons (Fsp3) is 0.250. The van der Waals surface area contributed by atoms with E-state index in [4.69, 9.17) is 4.74 Å². The average molecular weight is 285 g/mol. The summed E-state index contributed by atoms with van der Waals surface area (Å²) in [5.41, 5.74) is 1.54. The lowest BCUT2D eigenvalue weighted by Gasteiger charge is -2.10. The maximum Gasteiger partial charge on any atom is 0.224 e. The molecule has 1 aromatic heterocycles. The normalized spacial score (nSPS) is 10.0. The Kier molecular flexibility index (Phi) is 5.15. The summed E-state index contributed by atoms with van der Waals surface area (Å²) in [5.74, 6) is 1.44. The van der Waals surface area contributed by atoms with E-state index in [1.165, 1.54) is 0 Å². The lowest BCUT2D eigenvalue weighted by Crippen LogP contribution is -2.10. The van der Waals surface area contributed by atoms with Crippen LogP contribution in [-0.4, -0.2) is 18.0 Å². The molecule has 5 heteroatoms. The summed E-state index contributed by atoms with van der Waals surface area (Å²) < 4.78 is 5.27.